The Morgan fingerprint density at radius 1 is 1.23 bits per heavy atom. The van der Waals surface area contributed by atoms with Crippen LogP contribution in [0.1, 0.15) is 34.6 Å². The van der Waals surface area contributed by atoms with Gasteiger partial charge in [-0.3, -0.25) is 4.79 Å². The zero-order chi connectivity index (χ0) is 10.6. The first-order valence-electron chi connectivity index (χ1n) is 4.77. The van der Waals surface area contributed by atoms with Crippen molar-refractivity contribution in [3.05, 3.63) is 0 Å². The van der Waals surface area contributed by atoms with Crippen molar-refractivity contribution >= 4 is 5.91 Å². The van der Waals surface area contributed by atoms with Gasteiger partial charge in [-0.2, -0.15) is 0 Å². The molecule has 13 heavy (non-hydrogen) atoms. The molecule has 2 N–H and O–H groups in total. The first kappa shape index (κ1) is 12.4. The van der Waals surface area contributed by atoms with Gasteiger partial charge in [0.1, 0.15) is 0 Å². The summed E-state index contributed by atoms with van der Waals surface area (Å²) in [5.74, 6) is 0.386. The van der Waals surface area contributed by atoms with Crippen molar-refractivity contribution < 1.29 is 4.79 Å². The topological polar surface area (TPSA) is 41.1 Å². The Labute approximate surface area is 81.3 Å². The van der Waals surface area contributed by atoms with Gasteiger partial charge in [-0.15, -0.1) is 0 Å². The minimum atomic E-state index is -0.152. The summed E-state index contributed by atoms with van der Waals surface area (Å²) in [6.45, 7) is 10.0. The van der Waals surface area contributed by atoms with E-state index in [1.807, 2.05) is 41.7 Å². The van der Waals surface area contributed by atoms with Crippen molar-refractivity contribution in [2.45, 2.75) is 46.2 Å². The van der Waals surface area contributed by atoms with E-state index >= 15 is 0 Å². The third kappa shape index (κ3) is 4.88. The number of hydrogen-bond donors (Lipinski definition) is 2. The maximum atomic E-state index is 11.7. The third-order valence-corrected chi connectivity index (χ3v) is 1.76. The molecule has 0 aliphatic rings. The maximum Gasteiger partial charge on any atom is 0.237 e. The Morgan fingerprint density at radius 3 is 1.92 bits per heavy atom. The summed E-state index contributed by atoms with van der Waals surface area (Å²) in [5, 5.41) is 5.96. The standard InChI is InChI=1S/C10H22N2O/c1-7(2)8(11-6)9(13)12-10(3,4)5/h7-8,11H,1-6H3,(H,12,13). The van der Waals surface area contributed by atoms with E-state index in [0.717, 1.165) is 0 Å². The number of amides is 1. The Bertz CT molecular complexity index is 170. The molecule has 0 radical (unpaired) electrons. The van der Waals surface area contributed by atoms with Crippen molar-refractivity contribution in [3.63, 3.8) is 0 Å². The lowest BCUT2D eigenvalue weighted by Gasteiger charge is -2.26. The van der Waals surface area contributed by atoms with Crippen LogP contribution in [0, 0.1) is 5.92 Å². The van der Waals surface area contributed by atoms with Gasteiger partial charge in [0.25, 0.3) is 0 Å². The highest BCUT2D eigenvalue weighted by atomic mass is 16.2. The molecule has 1 amide bonds. The van der Waals surface area contributed by atoms with Gasteiger partial charge < -0.3 is 10.6 Å². The van der Waals surface area contributed by atoms with E-state index < -0.39 is 0 Å². The van der Waals surface area contributed by atoms with E-state index in [4.69, 9.17) is 0 Å². The van der Waals surface area contributed by atoms with Crippen LogP contribution >= 0.6 is 0 Å². The third-order valence-electron chi connectivity index (χ3n) is 1.76. The normalized spacial score (nSPS) is 14.4. The fraction of sp³-hybridized carbons (Fsp3) is 0.900. The molecule has 0 saturated carbocycles. The molecule has 0 aromatic rings. The average molecular weight is 186 g/mol. The lowest BCUT2D eigenvalue weighted by Crippen LogP contribution is -2.51. The molecular weight excluding hydrogens is 164 g/mol. The molecule has 0 heterocycles. The minimum Gasteiger partial charge on any atom is -0.350 e. The highest BCUT2D eigenvalue weighted by Gasteiger charge is 2.23. The summed E-state index contributed by atoms with van der Waals surface area (Å²) >= 11 is 0. The van der Waals surface area contributed by atoms with E-state index in [2.05, 4.69) is 10.6 Å². The largest absolute Gasteiger partial charge is 0.350 e. The number of carbonyl (C=O) groups excluding carboxylic acids is 1. The zero-order valence-electron chi connectivity index (χ0n) is 9.56. The number of carbonyl (C=O) groups is 1. The fourth-order valence-corrected chi connectivity index (χ4v) is 1.21. The second kappa shape index (κ2) is 4.61. The van der Waals surface area contributed by atoms with Gasteiger partial charge in [0, 0.05) is 5.54 Å². The van der Waals surface area contributed by atoms with Crippen LogP contribution in [0.25, 0.3) is 0 Å². The molecule has 0 spiro atoms. The van der Waals surface area contributed by atoms with E-state index in [1.54, 1.807) is 0 Å². The molecular formula is C10H22N2O. The van der Waals surface area contributed by atoms with E-state index in [1.165, 1.54) is 0 Å². The van der Waals surface area contributed by atoms with E-state index in [-0.39, 0.29) is 17.5 Å². The maximum absolute atomic E-state index is 11.7. The van der Waals surface area contributed by atoms with Crippen molar-refractivity contribution in [2.24, 2.45) is 5.92 Å². The van der Waals surface area contributed by atoms with Crippen LogP contribution in [0.2, 0.25) is 0 Å². The Morgan fingerprint density at radius 2 is 1.69 bits per heavy atom. The van der Waals surface area contributed by atoms with Crippen molar-refractivity contribution in [1.29, 1.82) is 0 Å². The fourth-order valence-electron chi connectivity index (χ4n) is 1.21. The number of rotatable bonds is 3. The summed E-state index contributed by atoms with van der Waals surface area (Å²) in [6, 6.07) is -0.0979. The van der Waals surface area contributed by atoms with E-state index in [0.29, 0.717) is 5.92 Å². The smallest absolute Gasteiger partial charge is 0.237 e. The van der Waals surface area contributed by atoms with Crippen LogP contribution in [-0.4, -0.2) is 24.5 Å². The van der Waals surface area contributed by atoms with Crippen LogP contribution in [0.4, 0.5) is 0 Å². The summed E-state index contributed by atoms with van der Waals surface area (Å²) in [5.41, 5.74) is -0.152. The van der Waals surface area contributed by atoms with Crippen LogP contribution < -0.4 is 10.6 Å². The summed E-state index contributed by atoms with van der Waals surface area (Å²) in [4.78, 5) is 11.7. The first-order chi connectivity index (χ1) is 5.78. The van der Waals surface area contributed by atoms with Crippen molar-refractivity contribution in [1.82, 2.24) is 10.6 Å². The number of nitrogens with one attached hydrogen (secondary N) is 2. The van der Waals surface area contributed by atoms with Gasteiger partial charge in [0.2, 0.25) is 5.91 Å². The van der Waals surface area contributed by atoms with Crippen molar-refractivity contribution in [3.8, 4) is 0 Å². The highest BCUT2D eigenvalue weighted by molar-refractivity contribution is 5.82. The van der Waals surface area contributed by atoms with Gasteiger partial charge in [-0.1, -0.05) is 13.8 Å². The first-order valence-corrected chi connectivity index (χ1v) is 4.77. The van der Waals surface area contributed by atoms with Gasteiger partial charge in [0.05, 0.1) is 6.04 Å². The van der Waals surface area contributed by atoms with Gasteiger partial charge in [-0.05, 0) is 33.7 Å². The molecule has 0 aliphatic heterocycles. The molecule has 0 saturated heterocycles. The second-order valence-corrected chi connectivity index (χ2v) is 4.75. The molecule has 0 rings (SSSR count). The Hall–Kier alpha value is -0.570. The van der Waals surface area contributed by atoms with Gasteiger partial charge >= 0.3 is 0 Å². The zero-order valence-corrected chi connectivity index (χ0v) is 9.56. The summed E-state index contributed by atoms with van der Waals surface area (Å²) < 4.78 is 0. The molecule has 0 fully saturated rings. The minimum absolute atomic E-state index is 0.0741. The lowest BCUT2D eigenvalue weighted by molar-refractivity contribution is -0.125. The average Bonchev–Trinajstić information content (AvgIpc) is 1.82. The summed E-state index contributed by atoms with van der Waals surface area (Å²) in [7, 11) is 1.81. The van der Waals surface area contributed by atoms with Crippen molar-refractivity contribution in [2.75, 3.05) is 7.05 Å². The summed E-state index contributed by atoms with van der Waals surface area (Å²) in [6.07, 6.45) is 0. The molecule has 3 nitrogen and oxygen atoms in total. The molecule has 3 heteroatoms. The molecule has 1 unspecified atom stereocenters. The highest BCUT2D eigenvalue weighted by Crippen LogP contribution is 2.04. The molecule has 0 bridgehead atoms. The molecule has 0 aliphatic carbocycles. The monoisotopic (exact) mass is 186 g/mol. The van der Waals surface area contributed by atoms with Crippen LogP contribution in [0.5, 0.6) is 0 Å². The Kier molecular flexibility index (Phi) is 4.40. The van der Waals surface area contributed by atoms with Gasteiger partial charge in [0.15, 0.2) is 0 Å². The molecule has 0 aromatic heterocycles. The SMILES string of the molecule is CNC(C(=O)NC(C)(C)C)C(C)C. The predicted octanol–water partition coefficient (Wildman–Crippen LogP) is 1.15. The predicted molar refractivity (Wildman–Crippen MR) is 55.6 cm³/mol. The van der Waals surface area contributed by atoms with Crippen LogP contribution in [0.3, 0.4) is 0 Å². The lowest BCUT2D eigenvalue weighted by atomic mass is 10.0. The Balaban J connectivity index is 4.23. The van der Waals surface area contributed by atoms with Crippen LogP contribution in [0.15, 0.2) is 0 Å². The quantitative estimate of drug-likeness (QED) is 0.694. The second-order valence-electron chi connectivity index (χ2n) is 4.75. The number of likely N-dealkylation sites (N-methyl/N-ethyl adjacent to an activating group) is 1. The van der Waals surface area contributed by atoms with E-state index in [9.17, 15) is 4.79 Å². The van der Waals surface area contributed by atoms with Crippen LogP contribution in [-0.2, 0) is 4.79 Å². The van der Waals surface area contributed by atoms with Gasteiger partial charge in [-0.25, -0.2) is 0 Å². The molecule has 0 aromatic carbocycles. The number of hydrogen-bond acceptors (Lipinski definition) is 2. The molecule has 78 valence electrons. The molecule has 1 atom stereocenters.